The van der Waals surface area contributed by atoms with Crippen LogP contribution in [-0.4, -0.2) is 69.4 Å². The highest BCUT2D eigenvalue weighted by molar-refractivity contribution is 7.45. The fourth-order valence-corrected chi connectivity index (χ4v) is 10.3. The van der Waals surface area contributed by atoms with Gasteiger partial charge in [-0.05, 0) is 83.1 Å². The summed E-state index contributed by atoms with van der Waals surface area (Å²) in [6.07, 6.45) is 70.8. The van der Waals surface area contributed by atoms with E-state index in [0.717, 1.165) is 77.0 Å². The molecule has 0 rings (SSSR count). The topological polar surface area (TPSA) is 114 Å². The Morgan fingerprint density at radius 3 is 1.21 bits per heavy atom. The van der Waals surface area contributed by atoms with E-state index >= 15 is 0 Å². The van der Waals surface area contributed by atoms with E-state index in [-0.39, 0.29) is 31.5 Å². The Labute approximate surface area is 478 Å². The molecule has 0 aliphatic carbocycles. The number of esters is 1. The number of nitrogens with zero attached hydrogens (tertiary/aromatic N) is 1. The van der Waals surface area contributed by atoms with Crippen molar-refractivity contribution in [2.75, 3.05) is 40.9 Å². The Balaban J connectivity index is 5.16. The molecule has 1 N–H and O–H groups in total. The first-order valence-electron chi connectivity index (χ1n) is 33.0. The minimum Gasteiger partial charge on any atom is -0.756 e. The average molecular weight is 1100 g/mol. The Morgan fingerprint density at radius 2 is 0.792 bits per heavy atom. The quantitative estimate of drug-likeness (QED) is 0.0161. The molecule has 0 fully saturated rings. The van der Waals surface area contributed by atoms with E-state index in [1.165, 1.54) is 205 Å². The molecule has 0 aromatic carbocycles. The molecule has 0 aromatic heterocycles. The van der Waals surface area contributed by atoms with Gasteiger partial charge in [0.2, 0.25) is 5.91 Å². The molecule has 3 unspecified atom stereocenters. The van der Waals surface area contributed by atoms with Gasteiger partial charge in [0.05, 0.1) is 33.8 Å². The lowest BCUT2D eigenvalue weighted by Gasteiger charge is -2.30. The van der Waals surface area contributed by atoms with Gasteiger partial charge in [-0.25, -0.2) is 0 Å². The second-order valence-electron chi connectivity index (χ2n) is 23.6. The minimum absolute atomic E-state index is 0.0235. The van der Waals surface area contributed by atoms with Crippen molar-refractivity contribution in [3.8, 4) is 0 Å². The SMILES string of the molecule is CCCCC/C=C/C=C/CCCCCCCCC(=O)OC(/C=C\CCCCCCCCCCCCC)C(COP(=O)([O-])OCC[N+](C)(C)C)NC(=O)CCCCCCCCCCCCCCC/C=C/CCCCCCCC. The molecule has 3 atom stereocenters. The van der Waals surface area contributed by atoms with E-state index in [0.29, 0.717) is 17.4 Å². The highest BCUT2D eigenvalue weighted by atomic mass is 31.2. The molecule has 0 spiro atoms. The number of rotatable bonds is 60. The van der Waals surface area contributed by atoms with Crippen LogP contribution in [0.4, 0.5) is 0 Å². The van der Waals surface area contributed by atoms with Crippen LogP contribution in [0.1, 0.15) is 316 Å². The van der Waals surface area contributed by atoms with Gasteiger partial charge in [0.15, 0.2) is 0 Å². The second-order valence-corrected chi connectivity index (χ2v) is 25.1. The number of likely N-dealkylation sites (N-methyl/N-ethyl adjacent to an activating group) is 1. The summed E-state index contributed by atoms with van der Waals surface area (Å²) in [6, 6.07) is -0.892. The number of carbonyl (C=O) groups excluding carboxylic acids is 2. The second kappa shape index (κ2) is 57.2. The van der Waals surface area contributed by atoms with Crippen LogP contribution >= 0.6 is 7.82 Å². The van der Waals surface area contributed by atoms with Crippen molar-refractivity contribution in [1.29, 1.82) is 0 Å². The summed E-state index contributed by atoms with van der Waals surface area (Å²) >= 11 is 0. The molecule has 0 aliphatic heterocycles. The molecule has 0 bridgehead atoms. The molecule has 0 heterocycles. The standard InChI is InChI=1S/C67H127N2O7P/c1-7-10-13-16-19-22-25-28-30-31-32-33-34-35-36-37-39-41-44-47-50-53-56-59-66(70)68-64(63-75-77(72,73)74-62-61-69(4,5)6)65(58-55-52-49-46-43-40-27-24-21-18-15-12-9-3)76-67(71)60-57-54-51-48-45-42-38-29-26-23-20-17-14-11-8-2/h20,23,26,28-30,55,58,64-65H,7-19,21-22,24-25,27,31-54,56-57,59-63H2,1-6H3,(H-,68,70,72,73)/b23-20+,29-26+,30-28+,58-55-. The normalized spacial score (nSPS) is 13.9. The number of unbranched alkanes of at least 4 members (excludes halogenated alkanes) is 39. The van der Waals surface area contributed by atoms with Crippen molar-refractivity contribution in [2.24, 2.45) is 0 Å². The third-order valence-corrected chi connectivity index (χ3v) is 15.7. The third kappa shape index (κ3) is 58.4. The van der Waals surface area contributed by atoms with E-state index in [1.54, 1.807) is 0 Å². The van der Waals surface area contributed by atoms with Crippen LogP contribution in [0.3, 0.4) is 0 Å². The summed E-state index contributed by atoms with van der Waals surface area (Å²) in [4.78, 5) is 40.0. The molecule has 10 heteroatoms. The summed E-state index contributed by atoms with van der Waals surface area (Å²) in [5, 5.41) is 3.04. The Kier molecular flexibility index (Phi) is 55.7. The monoisotopic (exact) mass is 1100 g/mol. The zero-order chi connectivity index (χ0) is 56.4. The number of allylic oxidation sites excluding steroid dienone is 7. The first kappa shape index (κ1) is 75.0. The van der Waals surface area contributed by atoms with Gasteiger partial charge in [0.1, 0.15) is 19.3 Å². The molecule has 0 radical (unpaired) electrons. The molecule has 0 saturated heterocycles. The van der Waals surface area contributed by atoms with E-state index in [1.807, 2.05) is 33.3 Å². The fourth-order valence-electron chi connectivity index (χ4n) is 9.63. The van der Waals surface area contributed by atoms with Gasteiger partial charge in [-0.1, -0.05) is 269 Å². The van der Waals surface area contributed by atoms with Gasteiger partial charge in [-0.3, -0.25) is 14.2 Å². The van der Waals surface area contributed by atoms with Crippen molar-refractivity contribution >= 4 is 19.7 Å². The number of ether oxygens (including phenoxy) is 1. The number of hydrogen-bond donors (Lipinski definition) is 1. The highest BCUT2D eigenvalue weighted by Gasteiger charge is 2.27. The lowest BCUT2D eigenvalue weighted by molar-refractivity contribution is -0.870. The number of carbonyl (C=O) groups is 2. The Hall–Kier alpha value is -2.03. The molecule has 1 amide bonds. The van der Waals surface area contributed by atoms with Gasteiger partial charge in [-0.15, -0.1) is 0 Å². The lowest BCUT2D eigenvalue weighted by Crippen LogP contribution is -2.47. The predicted molar refractivity (Wildman–Crippen MR) is 330 cm³/mol. The number of hydrogen-bond acceptors (Lipinski definition) is 7. The highest BCUT2D eigenvalue weighted by Crippen LogP contribution is 2.38. The Morgan fingerprint density at radius 1 is 0.455 bits per heavy atom. The van der Waals surface area contributed by atoms with Crippen LogP contribution < -0.4 is 10.2 Å². The van der Waals surface area contributed by atoms with Gasteiger partial charge in [-0.2, -0.15) is 0 Å². The molecule has 77 heavy (non-hydrogen) atoms. The Bertz CT molecular complexity index is 1460. The molecule has 0 saturated carbocycles. The predicted octanol–water partition coefficient (Wildman–Crippen LogP) is 19.8. The maximum absolute atomic E-state index is 13.6. The van der Waals surface area contributed by atoms with Crippen molar-refractivity contribution in [2.45, 2.75) is 328 Å². The first-order valence-corrected chi connectivity index (χ1v) is 34.4. The summed E-state index contributed by atoms with van der Waals surface area (Å²) in [5.41, 5.74) is 0. The summed E-state index contributed by atoms with van der Waals surface area (Å²) in [7, 11) is 1.19. The van der Waals surface area contributed by atoms with Crippen molar-refractivity contribution in [3.63, 3.8) is 0 Å². The smallest absolute Gasteiger partial charge is 0.306 e. The number of phosphoric acid groups is 1. The molecule has 452 valence electrons. The zero-order valence-electron chi connectivity index (χ0n) is 51.7. The van der Waals surface area contributed by atoms with Gasteiger partial charge >= 0.3 is 5.97 Å². The molecular weight excluding hydrogens is 976 g/mol. The van der Waals surface area contributed by atoms with E-state index in [4.69, 9.17) is 13.8 Å². The largest absolute Gasteiger partial charge is 0.756 e. The third-order valence-electron chi connectivity index (χ3n) is 14.8. The number of amides is 1. The van der Waals surface area contributed by atoms with Gasteiger partial charge in [0.25, 0.3) is 7.82 Å². The average Bonchev–Trinajstić information content (AvgIpc) is 3.39. The molecule has 0 aliphatic rings. The maximum Gasteiger partial charge on any atom is 0.306 e. The van der Waals surface area contributed by atoms with E-state index in [9.17, 15) is 19.0 Å². The van der Waals surface area contributed by atoms with Gasteiger partial charge in [0, 0.05) is 12.8 Å². The maximum atomic E-state index is 13.6. The van der Waals surface area contributed by atoms with E-state index < -0.39 is 20.0 Å². The number of quaternary nitrogens is 1. The van der Waals surface area contributed by atoms with E-state index in [2.05, 4.69) is 62.5 Å². The molecular formula is C67H127N2O7P. The van der Waals surface area contributed by atoms with Crippen LogP contribution in [0.15, 0.2) is 48.6 Å². The van der Waals surface area contributed by atoms with Crippen LogP contribution in [0.5, 0.6) is 0 Å². The number of phosphoric ester groups is 1. The number of nitrogens with one attached hydrogen (secondary N) is 1. The van der Waals surface area contributed by atoms with Crippen LogP contribution in [0.25, 0.3) is 0 Å². The van der Waals surface area contributed by atoms with Crippen LogP contribution in [-0.2, 0) is 27.9 Å². The zero-order valence-corrected chi connectivity index (χ0v) is 52.6. The summed E-state index contributed by atoms with van der Waals surface area (Å²) < 4.78 is 30.4. The first-order chi connectivity index (χ1) is 37.4. The summed E-state index contributed by atoms with van der Waals surface area (Å²) in [6.45, 7) is 6.84. The van der Waals surface area contributed by atoms with Crippen molar-refractivity contribution in [1.82, 2.24) is 5.32 Å². The van der Waals surface area contributed by atoms with Gasteiger partial charge < -0.3 is 28.5 Å². The molecule has 0 aromatic rings. The van der Waals surface area contributed by atoms with Crippen LogP contribution in [0.2, 0.25) is 0 Å². The minimum atomic E-state index is -4.70. The van der Waals surface area contributed by atoms with Crippen molar-refractivity contribution in [3.05, 3.63) is 48.6 Å². The lowest BCUT2D eigenvalue weighted by atomic mass is 10.0. The fraction of sp³-hybridized carbons (Fsp3) is 0.851. The van der Waals surface area contributed by atoms with Crippen LogP contribution in [0, 0.1) is 0 Å². The molecule has 9 nitrogen and oxygen atoms in total. The summed E-state index contributed by atoms with van der Waals surface area (Å²) in [5.74, 6) is -0.543. The van der Waals surface area contributed by atoms with Crippen molar-refractivity contribution < 1.29 is 37.3 Å².